The van der Waals surface area contributed by atoms with E-state index in [1.165, 1.54) is 32.1 Å². The molecular formula is C15H23NO3. The number of aryl methyl sites for hydroxylation is 2. The number of benzene rings is 1. The zero-order valence-corrected chi connectivity index (χ0v) is 11.6. The number of nitrogens with zero attached hydrogens (tertiary/aromatic N) is 1. The first-order chi connectivity index (χ1) is 9.16. The molecule has 106 valence electrons. The van der Waals surface area contributed by atoms with Crippen LogP contribution in [0.2, 0.25) is 0 Å². The quantitative estimate of drug-likeness (QED) is 0.433. The monoisotopic (exact) mass is 265 g/mol. The number of hydrogen-bond donors (Lipinski definition) is 3. The van der Waals surface area contributed by atoms with E-state index in [4.69, 9.17) is 10.5 Å². The predicted octanol–water partition coefficient (Wildman–Crippen LogP) is 3.78. The van der Waals surface area contributed by atoms with Crippen molar-refractivity contribution in [2.24, 2.45) is 4.99 Å². The van der Waals surface area contributed by atoms with Gasteiger partial charge in [-0.05, 0) is 55.5 Å². The minimum Gasteiger partial charge on any atom is -0.507 e. The van der Waals surface area contributed by atoms with Crippen LogP contribution in [0.15, 0.2) is 17.1 Å². The lowest BCUT2D eigenvalue weighted by atomic mass is 9.96. The van der Waals surface area contributed by atoms with Crippen molar-refractivity contribution in [3.8, 4) is 5.75 Å². The first kappa shape index (κ1) is 15.7. The highest BCUT2D eigenvalue weighted by Crippen LogP contribution is 2.23. The minimum absolute atomic E-state index is 0.403. The topological polar surface area (TPSA) is 73.1 Å². The predicted molar refractivity (Wildman–Crippen MR) is 77.3 cm³/mol. The molecular weight excluding hydrogens is 242 g/mol. The van der Waals surface area contributed by atoms with Crippen LogP contribution in [0.4, 0.5) is 0 Å². The third kappa shape index (κ3) is 4.65. The molecule has 2 rings (SSSR count). The number of rotatable bonds is 2. The summed E-state index contributed by atoms with van der Waals surface area (Å²) in [5.74, 6) is 0.403. The Kier molecular flexibility index (Phi) is 6.53. The summed E-state index contributed by atoms with van der Waals surface area (Å²) in [5, 5.41) is 21.7. The van der Waals surface area contributed by atoms with E-state index in [1.54, 1.807) is 0 Å². The van der Waals surface area contributed by atoms with E-state index in [9.17, 15) is 5.11 Å². The van der Waals surface area contributed by atoms with Crippen molar-refractivity contribution in [1.82, 2.24) is 0 Å². The molecule has 0 heterocycles. The van der Waals surface area contributed by atoms with E-state index in [1.807, 2.05) is 32.2 Å². The van der Waals surface area contributed by atoms with Crippen molar-refractivity contribution in [2.75, 3.05) is 0 Å². The number of aliphatic imine (C=N–C) groups is 1. The fourth-order valence-corrected chi connectivity index (χ4v) is 2.49. The smallest absolute Gasteiger partial charge is 0.121 e. The molecule has 0 amide bonds. The first-order valence-corrected chi connectivity index (χ1v) is 6.70. The minimum atomic E-state index is 0.403. The first-order valence-electron chi connectivity index (χ1n) is 6.70. The Morgan fingerprint density at radius 3 is 2.11 bits per heavy atom. The van der Waals surface area contributed by atoms with Crippen LogP contribution in [0, 0.1) is 13.8 Å². The van der Waals surface area contributed by atoms with E-state index in [0.717, 1.165) is 16.7 Å². The molecule has 0 aromatic heterocycles. The van der Waals surface area contributed by atoms with Gasteiger partial charge in [-0.3, -0.25) is 15.5 Å². The summed E-state index contributed by atoms with van der Waals surface area (Å²) in [4.78, 5) is 4.66. The van der Waals surface area contributed by atoms with Crippen molar-refractivity contribution in [2.45, 2.75) is 52.0 Å². The molecule has 0 atom stereocenters. The van der Waals surface area contributed by atoms with Crippen molar-refractivity contribution < 1.29 is 15.6 Å². The normalized spacial score (nSPS) is 16.2. The van der Waals surface area contributed by atoms with Gasteiger partial charge in [-0.2, -0.15) is 0 Å². The van der Waals surface area contributed by atoms with Gasteiger partial charge in [0.15, 0.2) is 0 Å². The summed E-state index contributed by atoms with van der Waals surface area (Å²) in [6.45, 7) is 3.86. The molecule has 1 aromatic carbocycles. The zero-order chi connectivity index (χ0) is 14.3. The Bertz CT molecular complexity index is 400. The molecule has 1 fully saturated rings. The lowest BCUT2D eigenvalue weighted by Crippen LogP contribution is -2.09. The summed E-state index contributed by atoms with van der Waals surface area (Å²) in [6.07, 6.45) is 8.42. The summed E-state index contributed by atoms with van der Waals surface area (Å²) in [7, 11) is 0. The molecule has 3 N–H and O–H groups in total. The maximum atomic E-state index is 9.70. The molecule has 0 aliphatic heterocycles. The molecule has 19 heavy (non-hydrogen) atoms. The molecule has 1 aliphatic rings. The van der Waals surface area contributed by atoms with Gasteiger partial charge in [0.1, 0.15) is 5.75 Å². The number of phenolic OH excluding ortho intramolecular Hbond substituents is 1. The fourth-order valence-electron chi connectivity index (χ4n) is 2.49. The van der Waals surface area contributed by atoms with Crippen LogP contribution < -0.4 is 0 Å². The van der Waals surface area contributed by atoms with Gasteiger partial charge in [0, 0.05) is 12.3 Å². The lowest BCUT2D eigenvalue weighted by Gasteiger charge is -2.17. The van der Waals surface area contributed by atoms with Gasteiger partial charge in [0.25, 0.3) is 0 Å². The van der Waals surface area contributed by atoms with E-state index in [0.29, 0.717) is 11.8 Å². The average Bonchev–Trinajstić information content (AvgIpc) is 2.45. The van der Waals surface area contributed by atoms with Gasteiger partial charge in [-0.1, -0.05) is 19.3 Å². The Hall–Kier alpha value is -1.39. The summed E-state index contributed by atoms with van der Waals surface area (Å²) < 4.78 is 0. The number of phenols is 1. The van der Waals surface area contributed by atoms with Gasteiger partial charge >= 0.3 is 0 Å². The highest BCUT2D eigenvalue weighted by atomic mass is 17.0. The molecule has 0 radical (unpaired) electrons. The van der Waals surface area contributed by atoms with Crippen molar-refractivity contribution >= 4 is 6.21 Å². The van der Waals surface area contributed by atoms with Gasteiger partial charge in [0.2, 0.25) is 0 Å². The fraction of sp³-hybridized carbons (Fsp3) is 0.533. The highest BCUT2D eigenvalue weighted by Gasteiger charge is 2.10. The van der Waals surface area contributed by atoms with Crippen LogP contribution in [0.25, 0.3) is 0 Å². The molecule has 4 nitrogen and oxygen atoms in total. The second-order valence-corrected chi connectivity index (χ2v) is 5.07. The SMILES string of the molecule is Cc1cc(C=NC2CCCCC2)cc(C)c1O.OO. The van der Waals surface area contributed by atoms with Gasteiger partial charge in [-0.25, -0.2) is 0 Å². The van der Waals surface area contributed by atoms with Crippen LogP contribution in [-0.4, -0.2) is 27.9 Å². The van der Waals surface area contributed by atoms with Crippen molar-refractivity contribution in [3.05, 3.63) is 28.8 Å². The molecule has 0 bridgehead atoms. The van der Waals surface area contributed by atoms with Crippen LogP contribution >= 0.6 is 0 Å². The van der Waals surface area contributed by atoms with Crippen LogP contribution in [-0.2, 0) is 0 Å². The second kappa shape index (κ2) is 7.92. The Morgan fingerprint density at radius 1 is 1.05 bits per heavy atom. The highest BCUT2D eigenvalue weighted by molar-refractivity contribution is 5.81. The molecule has 1 saturated carbocycles. The van der Waals surface area contributed by atoms with E-state index in [2.05, 4.69) is 4.99 Å². The molecule has 1 aliphatic carbocycles. The standard InChI is InChI=1S/C15H21NO.H2O2/c1-11-8-13(9-12(2)15(11)17)10-16-14-6-4-3-5-7-14;1-2/h8-10,14,17H,3-7H2,1-2H3;1-2H. The maximum absolute atomic E-state index is 9.70. The van der Waals surface area contributed by atoms with E-state index in [-0.39, 0.29) is 0 Å². The Labute approximate surface area is 114 Å². The molecule has 0 saturated heterocycles. The van der Waals surface area contributed by atoms with E-state index >= 15 is 0 Å². The summed E-state index contributed by atoms with van der Waals surface area (Å²) >= 11 is 0. The van der Waals surface area contributed by atoms with Crippen LogP contribution in [0.1, 0.15) is 48.8 Å². The van der Waals surface area contributed by atoms with Crippen LogP contribution in [0.5, 0.6) is 5.75 Å². The largest absolute Gasteiger partial charge is 0.507 e. The maximum Gasteiger partial charge on any atom is 0.121 e. The number of aromatic hydroxyl groups is 1. The van der Waals surface area contributed by atoms with Crippen molar-refractivity contribution in [1.29, 1.82) is 0 Å². The van der Waals surface area contributed by atoms with Crippen LogP contribution in [0.3, 0.4) is 0 Å². The number of hydrogen-bond acceptors (Lipinski definition) is 4. The summed E-state index contributed by atoms with van der Waals surface area (Å²) in [6, 6.07) is 4.50. The molecule has 1 aromatic rings. The Balaban J connectivity index is 0.000000861. The Morgan fingerprint density at radius 2 is 1.58 bits per heavy atom. The lowest BCUT2D eigenvalue weighted by molar-refractivity contribution is -0.176. The second-order valence-electron chi connectivity index (χ2n) is 5.07. The van der Waals surface area contributed by atoms with Crippen molar-refractivity contribution in [3.63, 3.8) is 0 Å². The van der Waals surface area contributed by atoms with Gasteiger partial charge < -0.3 is 5.11 Å². The zero-order valence-electron chi connectivity index (χ0n) is 11.6. The van der Waals surface area contributed by atoms with Gasteiger partial charge in [-0.15, -0.1) is 0 Å². The van der Waals surface area contributed by atoms with E-state index < -0.39 is 0 Å². The molecule has 0 spiro atoms. The summed E-state index contributed by atoms with van der Waals surface area (Å²) in [5.41, 5.74) is 2.95. The third-order valence-electron chi connectivity index (χ3n) is 3.52. The average molecular weight is 265 g/mol. The van der Waals surface area contributed by atoms with Gasteiger partial charge in [0.05, 0.1) is 0 Å². The molecule has 0 unspecified atom stereocenters. The molecule has 4 heteroatoms. The third-order valence-corrected chi connectivity index (χ3v) is 3.52.